The molecule has 0 saturated carbocycles. The maximum Gasteiger partial charge on any atom is 0.313 e. The number of ether oxygens (including phenoxy) is 1. The van der Waals surface area contributed by atoms with Crippen molar-refractivity contribution in [1.29, 1.82) is 0 Å². The van der Waals surface area contributed by atoms with Gasteiger partial charge < -0.3 is 9.84 Å². The summed E-state index contributed by atoms with van der Waals surface area (Å²) >= 11 is 5.94. The number of rotatable bonds is 5. The van der Waals surface area contributed by atoms with Gasteiger partial charge in [0.15, 0.2) is 0 Å². The number of hydrogen-bond donors (Lipinski definition) is 1. The van der Waals surface area contributed by atoms with E-state index in [4.69, 9.17) is 16.3 Å². The number of nitrogens with zero attached hydrogens (tertiary/aromatic N) is 1. The molecule has 2 aromatic carbocycles. The smallest absolute Gasteiger partial charge is 0.313 e. The number of fused-ring (bicyclic) bond motifs is 1. The number of aromatic hydroxyl groups is 1. The van der Waals surface area contributed by atoms with Crippen LogP contribution in [0.3, 0.4) is 0 Å². The predicted molar refractivity (Wildman–Crippen MR) is 114 cm³/mol. The second-order valence-electron chi connectivity index (χ2n) is 7.23. The third kappa shape index (κ3) is 4.01. The number of aromatic nitrogens is 1. The van der Waals surface area contributed by atoms with Crippen molar-refractivity contribution in [2.75, 3.05) is 0 Å². The van der Waals surface area contributed by atoms with Gasteiger partial charge in [-0.1, -0.05) is 18.5 Å². The molecule has 6 heteroatoms. The van der Waals surface area contributed by atoms with Crippen molar-refractivity contribution in [3.8, 4) is 5.75 Å². The molecule has 0 saturated heterocycles. The van der Waals surface area contributed by atoms with E-state index < -0.39 is 5.92 Å². The lowest BCUT2D eigenvalue weighted by Gasteiger charge is -2.16. The molecule has 0 spiro atoms. The molecule has 1 heterocycles. The molecular weight excluding hydrogens is 390 g/mol. The molecule has 0 unspecified atom stereocenters. The van der Waals surface area contributed by atoms with E-state index in [1.165, 1.54) is 6.07 Å². The molecule has 152 valence electrons. The predicted octanol–water partition coefficient (Wildman–Crippen LogP) is 5.44. The van der Waals surface area contributed by atoms with Gasteiger partial charge in [0.1, 0.15) is 5.75 Å². The summed E-state index contributed by atoms with van der Waals surface area (Å²) in [6.45, 7) is 7.35. The number of phenolic OH excluding ortho intramolecular Hbond substituents is 1. The highest BCUT2D eigenvalue weighted by molar-refractivity contribution is 6.30. The van der Waals surface area contributed by atoms with Gasteiger partial charge in [0.25, 0.3) is 5.91 Å². The second kappa shape index (κ2) is 8.29. The standard InChI is InChI=1S/C23H24ClNO4/c1-5-13(2)29-23(28)14(3)21-15(4)25(20-11-10-18(26)12-19(20)21)22(27)16-6-8-17(24)9-7-16/h6-14,26H,5H2,1-4H3/t13-,14-/m0/s1. The summed E-state index contributed by atoms with van der Waals surface area (Å²) in [6, 6.07) is 11.4. The van der Waals surface area contributed by atoms with E-state index in [0.29, 0.717) is 32.7 Å². The summed E-state index contributed by atoms with van der Waals surface area (Å²) in [5.74, 6) is -1.11. The Balaban J connectivity index is 2.15. The first-order valence-electron chi connectivity index (χ1n) is 9.59. The van der Waals surface area contributed by atoms with Crippen LogP contribution in [-0.2, 0) is 9.53 Å². The Hall–Kier alpha value is -2.79. The fraction of sp³-hybridized carbons (Fsp3) is 0.304. The molecule has 3 rings (SSSR count). The van der Waals surface area contributed by atoms with Crippen molar-refractivity contribution < 1.29 is 19.4 Å². The summed E-state index contributed by atoms with van der Waals surface area (Å²) in [7, 11) is 0. The number of phenols is 1. The van der Waals surface area contributed by atoms with E-state index in [9.17, 15) is 14.7 Å². The van der Waals surface area contributed by atoms with Gasteiger partial charge in [0.05, 0.1) is 17.5 Å². The van der Waals surface area contributed by atoms with Crippen molar-refractivity contribution in [1.82, 2.24) is 4.57 Å². The van der Waals surface area contributed by atoms with Gasteiger partial charge in [0, 0.05) is 21.7 Å². The molecule has 0 aliphatic heterocycles. The van der Waals surface area contributed by atoms with Gasteiger partial charge in [-0.05, 0) is 75.2 Å². The van der Waals surface area contributed by atoms with Crippen LogP contribution in [0, 0.1) is 6.92 Å². The summed E-state index contributed by atoms with van der Waals surface area (Å²) in [5.41, 5.74) is 2.41. The summed E-state index contributed by atoms with van der Waals surface area (Å²) in [5, 5.41) is 11.2. The molecule has 0 amide bonds. The van der Waals surface area contributed by atoms with E-state index >= 15 is 0 Å². The third-order valence-electron chi connectivity index (χ3n) is 5.21. The Kier molecular flexibility index (Phi) is 5.99. The molecule has 5 nitrogen and oxygen atoms in total. The van der Waals surface area contributed by atoms with Crippen molar-refractivity contribution in [2.24, 2.45) is 0 Å². The minimum absolute atomic E-state index is 0.0670. The van der Waals surface area contributed by atoms with Crippen LogP contribution in [0.4, 0.5) is 0 Å². The first-order valence-corrected chi connectivity index (χ1v) is 9.97. The average Bonchev–Trinajstić information content (AvgIpc) is 2.98. The maximum atomic E-state index is 13.2. The van der Waals surface area contributed by atoms with Gasteiger partial charge >= 0.3 is 5.97 Å². The normalized spacial score (nSPS) is 13.3. The highest BCUT2D eigenvalue weighted by Crippen LogP contribution is 2.35. The Morgan fingerprint density at radius 2 is 1.79 bits per heavy atom. The number of halogens is 1. The molecule has 3 aromatic rings. The summed E-state index contributed by atoms with van der Waals surface area (Å²) < 4.78 is 7.08. The average molecular weight is 414 g/mol. The van der Waals surface area contributed by atoms with Crippen molar-refractivity contribution in [2.45, 2.75) is 46.1 Å². The minimum atomic E-state index is -0.590. The van der Waals surface area contributed by atoms with E-state index in [-0.39, 0.29) is 23.7 Å². The largest absolute Gasteiger partial charge is 0.508 e. The topological polar surface area (TPSA) is 68.5 Å². The first kappa shape index (κ1) is 20.9. The molecule has 1 N–H and O–H groups in total. The SMILES string of the molecule is CC[C@H](C)OC(=O)[C@@H](C)c1c(C)n(C(=O)c2ccc(Cl)cc2)c2ccc(O)cc12. The fourth-order valence-electron chi connectivity index (χ4n) is 3.46. The highest BCUT2D eigenvalue weighted by atomic mass is 35.5. The molecule has 0 aliphatic rings. The Morgan fingerprint density at radius 3 is 2.41 bits per heavy atom. The summed E-state index contributed by atoms with van der Waals surface area (Å²) in [6.07, 6.45) is 0.525. The molecule has 29 heavy (non-hydrogen) atoms. The zero-order valence-corrected chi connectivity index (χ0v) is 17.7. The molecular formula is C23H24ClNO4. The number of carbonyl (C=O) groups excluding carboxylic acids is 2. The number of hydrogen-bond acceptors (Lipinski definition) is 4. The summed E-state index contributed by atoms with van der Waals surface area (Å²) in [4.78, 5) is 25.9. The number of esters is 1. The van der Waals surface area contributed by atoms with E-state index in [1.54, 1.807) is 54.8 Å². The lowest BCUT2D eigenvalue weighted by Crippen LogP contribution is -2.20. The quantitative estimate of drug-likeness (QED) is 0.565. The molecule has 0 fully saturated rings. The van der Waals surface area contributed by atoms with Gasteiger partial charge in [-0.2, -0.15) is 0 Å². The van der Waals surface area contributed by atoms with E-state index in [0.717, 1.165) is 6.42 Å². The van der Waals surface area contributed by atoms with Crippen LogP contribution in [0.15, 0.2) is 42.5 Å². The maximum absolute atomic E-state index is 13.2. The Labute approximate surface area is 174 Å². The van der Waals surface area contributed by atoms with Crippen LogP contribution in [0.1, 0.15) is 54.7 Å². The second-order valence-corrected chi connectivity index (χ2v) is 7.66. The zero-order chi connectivity index (χ0) is 21.3. The van der Waals surface area contributed by atoms with Crippen LogP contribution in [-0.4, -0.2) is 27.7 Å². The Bertz CT molecular complexity index is 1070. The molecule has 2 atom stereocenters. The van der Waals surface area contributed by atoms with Crippen LogP contribution in [0.5, 0.6) is 5.75 Å². The van der Waals surface area contributed by atoms with Crippen molar-refractivity contribution in [3.05, 3.63) is 64.3 Å². The van der Waals surface area contributed by atoms with Crippen molar-refractivity contribution in [3.63, 3.8) is 0 Å². The van der Waals surface area contributed by atoms with E-state index in [1.807, 2.05) is 13.8 Å². The monoisotopic (exact) mass is 413 g/mol. The minimum Gasteiger partial charge on any atom is -0.508 e. The van der Waals surface area contributed by atoms with Gasteiger partial charge in [-0.25, -0.2) is 0 Å². The third-order valence-corrected chi connectivity index (χ3v) is 5.46. The van der Waals surface area contributed by atoms with Gasteiger partial charge in [-0.3, -0.25) is 14.2 Å². The van der Waals surface area contributed by atoms with Crippen LogP contribution in [0.2, 0.25) is 5.02 Å². The highest BCUT2D eigenvalue weighted by Gasteiger charge is 2.28. The molecule has 0 bridgehead atoms. The number of carbonyl (C=O) groups is 2. The fourth-order valence-corrected chi connectivity index (χ4v) is 3.59. The molecule has 0 radical (unpaired) electrons. The molecule has 0 aliphatic carbocycles. The van der Waals surface area contributed by atoms with Gasteiger partial charge in [0.2, 0.25) is 0 Å². The zero-order valence-electron chi connectivity index (χ0n) is 16.9. The van der Waals surface area contributed by atoms with Crippen LogP contribution < -0.4 is 0 Å². The van der Waals surface area contributed by atoms with Crippen LogP contribution >= 0.6 is 11.6 Å². The van der Waals surface area contributed by atoms with Crippen molar-refractivity contribution >= 4 is 34.4 Å². The molecule has 1 aromatic heterocycles. The Morgan fingerprint density at radius 1 is 1.14 bits per heavy atom. The van der Waals surface area contributed by atoms with Gasteiger partial charge in [-0.15, -0.1) is 0 Å². The lowest BCUT2D eigenvalue weighted by molar-refractivity contribution is -0.149. The lowest BCUT2D eigenvalue weighted by atomic mass is 9.97. The van der Waals surface area contributed by atoms with Crippen LogP contribution in [0.25, 0.3) is 10.9 Å². The first-order chi connectivity index (χ1) is 13.7. The number of benzene rings is 2. The van der Waals surface area contributed by atoms with E-state index in [2.05, 4.69) is 0 Å².